The van der Waals surface area contributed by atoms with Crippen LogP contribution in [0.4, 0.5) is 0 Å². The van der Waals surface area contributed by atoms with Crippen molar-refractivity contribution in [1.29, 1.82) is 0 Å². The van der Waals surface area contributed by atoms with E-state index in [0.717, 1.165) is 25.3 Å². The van der Waals surface area contributed by atoms with Crippen molar-refractivity contribution in [3.63, 3.8) is 0 Å². The molecule has 0 N–H and O–H groups in total. The first-order valence-corrected chi connectivity index (χ1v) is 9.50. The molecule has 0 aromatic carbocycles. The number of rotatable bonds is 7. The molecule has 0 saturated carbocycles. The van der Waals surface area contributed by atoms with Crippen molar-refractivity contribution in [2.24, 2.45) is 5.92 Å². The molecule has 0 amide bonds. The van der Waals surface area contributed by atoms with E-state index in [1.807, 2.05) is 7.11 Å². The highest BCUT2D eigenvalue weighted by molar-refractivity contribution is 6.70. The molecule has 1 aliphatic heterocycles. The molecule has 1 saturated heterocycles. The van der Waals surface area contributed by atoms with Gasteiger partial charge in [-0.3, -0.25) is 0 Å². The summed E-state index contributed by atoms with van der Waals surface area (Å²) in [6, 6.07) is 1.03. The normalized spacial score (nSPS) is 30.9. The fourth-order valence-corrected chi connectivity index (χ4v) is 7.73. The highest BCUT2D eigenvalue weighted by Gasteiger charge is 2.62. The van der Waals surface area contributed by atoms with Gasteiger partial charge in [0.15, 0.2) is 0 Å². The second kappa shape index (κ2) is 7.57. The molecular weight excluding hydrogens is 256 g/mol. The minimum absolute atomic E-state index is 0.241. The van der Waals surface area contributed by atoms with Gasteiger partial charge >= 0.3 is 8.56 Å². The molecule has 2 atom stereocenters. The zero-order valence-corrected chi connectivity index (χ0v) is 14.2. The van der Waals surface area contributed by atoms with Crippen molar-refractivity contribution in [2.75, 3.05) is 21.3 Å². The highest BCUT2D eigenvalue weighted by atomic mass is 28.4. The average Bonchev–Trinajstić information content (AvgIpc) is 2.46. The van der Waals surface area contributed by atoms with E-state index in [0.29, 0.717) is 5.92 Å². The molecule has 1 fully saturated rings. The number of hydrogen-bond acceptors (Lipinski definition) is 3. The van der Waals surface area contributed by atoms with Crippen LogP contribution in [0.3, 0.4) is 0 Å². The Morgan fingerprint density at radius 3 is 2.37 bits per heavy atom. The maximum absolute atomic E-state index is 6.09. The summed E-state index contributed by atoms with van der Waals surface area (Å²) in [6.45, 7) is 4.38. The highest BCUT2D eigenvalue weighted by Crippen LogP contribution is 2.47. The van der Waals surface area contributed by atoms with Gasteiger partial charge in [-0.15, -0.1) is 0 Å². The molecule has 1 heterocycles. The predicted molar refractivity (Wildman–Crippen MR) is 81.4 cm³/mol. The minimum Gasteiger partial charge on any atom is -0.396 e. The maximum Gasteiger partial charge on any atom is 0.371 e. The Kier molecular flexibility index (Phi) is 6.73. The van der Waals surface area contributed by atoms with E-state index in [-0.39, 0.29) is 5.22 Å². The lowest BCUT2D eigenvalue weighted by molar-refractivity contribution is -0.0397. The largest absolute Gasteiger partial charge is 0.396 e. The fourth-order valence-electron chi connectivity index (χ4n) is 3.62. The Balaban J connectivity index is 3.19. The summed E-state index contributed by atoms with van der Waals surface area (Å²) in [7, 11) is 3.10. The van der Waals surface area contributed by atoms with Gasteiger partial charge in [0.2, 0.25) is 0 Å². The lowest BCUT2D eigenvalue weighted by atomic mass is 9.91. The van der Waals surface area contributed by atoms with Gasteiger partial charge in [0.05, 0.1) is 0 Å². The summed E-state index contributed by atoms with van der Waals surface area (Å²) in [5.74, 6) is 0.415. The van der Waals surface area contributed by atoms with Gasteiger partial charge in [-0.25, -0.2) is 0 Å². The van der Waals surface area contributed by atoms with Gasteiger partial charge in [-0.2, -0.15) is 0 Å². The Bertz CT molecular complexity index is 289. The van der Waals surface area contributed by atoms with E-state index >= 15 is 0 Å². The Morgan fingerprint density at radius 2 is 1.89 bits per heavy atom. The summed E-state index contributed by atoms with van der Waals surface area (Å²) in [6.07, 6.45) is 10.1. The standard InChI is InChI=1S/C15H30O3Si/c1-6-8-10-14-11-9-13-19(17-4,18-5)15(14,16-3)12-7-2/h8,10,14H,6-7,9,11-13H2,1-5H3. The van der Waals surface area contributed by atoms with Crippen LogP contribution < -0.4 is 0 Å². The summed E-state index contributed by atoms with van der Waals surface area (Å²) in [4.78, 5) is 0. The second-order valence-electron chi connectivity index (χ2n) is 5.34. The quantitative estimate of drug-likeness (QED) is 0.526. The molecule has 1 rings (SSSR count). The molecule has 19 heavy (non-hydrogen) atoms. The first-order valence-electron chi connectivity index (χ1n) is 7.48. The first kappa shape index (κ1) is 16.9. The lowest BCUT2D eigenvalue weighted by Crippen LogP contribution is -2.68. The molecule has 112 valence electrons. The second-order valence-corrected chi connectivity index (χ2v) is 9.01. The maximum atomic E-state index is 6.09. The molecule has 4 heteroatoms. The summed E-state index contributed by atoms with van der Waals surface area (Å²) in [5.41, 5.74) is 0. The third kappa shape index (κ3) is 2.97. The zero-order valence-electron chi connectivity index (χ0n) is 13.2. The van der Waals surface area contributed by atoms with Gasteiger partial charge in [-0.05, 0) is 25.3 Å². The van der Waals surface area contributed by atoms with Crippen LogP contribution >= 0.6 is 0 Å². The number of hydrogen-bond donors (Lipinski definition) is 0. The van der Waals surface area contributed by atoms with Crippen LogP contribution in [0.1, 0.15) is 46.0 Å². The lowest BCUT2D eigenvalue weighted by Gasteiger charge is -2.51. The fraction of sp³-hybridized carbons (Fsp3) is 0.867. The topological polar surface area (TPSA) is 27.7 Å². The summed E-state index contributed by atoms with van der Waals surface area (Å²) < 4.78 is 18.0. The molecular formula is C15H30O3Si. The van der Waals surface area contributed by atoms with Crippen LogP contribution in [-0.2, 0) is 13.6 Å². The number of methoxy groups -OCH3 is 1. The van der Waals surface area contributed by atoms with Crippen molar-refractivity contribution < 1.29 is 13.6 Å². The van der Waals surface area contributed by atoms with Crippen LogP contribution in [-0.4, -0.2) is 35.1 Å². The third-order valence-electron chi connectivity index (χ3n) is 4.51. The monoisotopic (exact) mass is 286 g/mol. The van der Waals surface area contributed by atoms with E-state index in [2.05, 4.69) is 26.0 Å². The van der Waals surface area contributed by atoms with E-state index < -0.39 is 8.56 Å². The SMILES string of the molecule is CCC=CC1CCC[Si](OC)(OC)C1(CCC)OC. The van der Waals surface area contributed by atoms with E-state index in [9.17, 15) is 0 Å². The minimum atomic E-state index is -2.32. The molecule has 0 aromatic rings. The van der Waals surface area contributed by atoms with Crippen LogP contribution in [0.5, 0.6) is 0 Å². The van der Waals surface area contributed by atoms with Gasteiger partial charge in [0.25, 0.3) is 0 Å². The number of allylic oxidation sites excluding steroid dienone is 1. The van der Waals surface area contributed by atoms with Gasteiger partial charge in [-0.1, -0.05) is 38.8 Å². The van der Waals surface area contributed by atoms with Crippen molar-refractivity contribution in [3.05, 3.63) is 12.2 Å². The van der Waals surface area contributed by atoms with Gasteiger partial charge in [0.1, 0.15) is 5.22 Å². The molecule has 0 radical (unpaired) electrons. The van der Waals surface area contributed by atoms with E-state index in [4.69, 9.17) is 13.6 Å². The van der Waals surface area contributed by atoms with Crippen LogP contribution in [0.15, 0.2) is 12.2 Å². The van der Waals surface area contributed by atoms with E-state index in [1.54, 1.807) is 14.2 Å². The van der Waals surface area contributed by atoms with Crippen LogP contribution in [0, 0.1) is 5.92 Å². The zero-order chi connectivity index (χ0) is 14.4. The van der Waals surface area contributed by atoms with Crippen LogP contribution in [0.2, 0.25) is 6.04 Å². The number of ether oxygens (including phenoxy) is 1. The smallest absolute Gasteiger partial charge is 0.371 e. The summed E-state index contributed by atoms with van der Waals surface area (Å²) in [5, 5.41) is -0.241. The Hall–Kier alpha value is -0.163. The van der Waals surface area contributed by atoms with Crippen molar-refractivity contribution in [1.82, 2.24) is 0 Å². The Labute approximate surface area is 119 Å². The molecule has 3 nitrogen and oxygen atoms in total. The third-order valence-corrected chi connectivity index (χ3v) is 8.96. The summed E-state index contributed by atoms with van der Waals surface area (Å²) >= 11 is 0. The van der Waals surface area contributed by atoms with Crippen molar-refractivity contribution >= 4 is 8.56 Å². The molecule has 0 aromatic heterocycles. The van der Waals surface area contributed by atoms with Crippen LogP contribution in [0.25, 0.3) is 0 Å². The molecule has 0 bridgehead atoms. The molecule has 0 spiro atoms. The van der Waals surface area contributed by atoms with E-state index in [1.165, 1.54) is 12.8 Å². The van der Waals surface area contributed by atoms with Crippen molar-refractivity contribution in [3.8, 4) is 0 Å². The molecule has 2 unspecified atom stereocenters. The van der Waals surface area contributed by atoms with Gasteiger partial charge in [0, 0.05) is 27.2 Å². The Morgan fingerprint density at radius 1 is 1.21 bits per heavy atom. The molecule has 0 aliphatic carbocycles. The first-order chi connectivity index (χ1) is 9.16. The average molecular weight is 286 g/mol. The van der Waals surface area contributed by atoms with Gasteiger partial charge < -0.3 is 13.6 Å². The predicted octanol–water partition coefficient (Wildman–Crippen LogP) is 3.82. The molecule has 1 aliphatic rings. The van der Waals surface area contributed by atoms with Crippen molar-refractivity contribution in [2.45, 2.75) is 57.2 Å².